The molecule has 0 radical (unpaired) electrons. The maximum Gasteiger partial charge on any atom is 0.303 e. The summed E-state index contributed by atoms with van der Waals surface area (Å²) < 4.78 is 27.6. The van der Waals surface area contributed by atoms with E-state index in [1.165, 1.54) is 27.7 Å². The number of ether oxygens (including phenoxy) is 5. The third kappa shape index (κ3) is 10.1. The van der Waals surface area contributed by atoms with Crippen LogP contribution < -0.4 is 5.32 Å². The van der Waals surface area contributed by atoms with E-state index in [0.29, 0.717) is 6.61 Å². The van der Waals surface area contributed by atoms with Gasteiger partial charge in [0.2, 0.25) is 5.91 Å². The van der Waals surface area contributed by atoms with Crippen molar-refractivity contribution in [2.45, 2.75) is 97.4 Å². The van der Waals surface area contributed by atoms with Crippen LogP contribution in [0.15, 0.2) is 0 Å². The molecule has 0 aromatic carbocycles. The van der Waals surface area contributed by atoms with Crippen molar-refractivity contribution in [3.63, 3.8) is 0 Å². The first-order chi connectivity index (χ1) is 14.6. The molecule has 31 heavy (non-hydrogen) atoms. The summed E-state index contributed by atoms with van der Waals surface area (Å²) in [5.74, 6) is -2.23. The zero-order valence-corrected chi connectivity index (χ0v) is 19.0. The monoisotopic (exact) mass is 445 g/mol. The van der Waals surface area contributed by atoms with Crippen molar-refractivity contribution in [3.8, 4) is 0 Å². The predicted molar refractivity (Wildman–Crippen MR) is 109 cm³/mol. The van der Waals surface area contributed by atoms with Gasteiger partial charge in [-0.05, 0) is 6.42 Å². The smallest absolute Gasteiger partial charge is 0.303 e. The highest BCUT2D eigenvalue weighted by atomic mass is 16.7. The molecule has 0 spiro atoms. The number of carbonyl (C=O) groups is 4. The van der Waals surface area contributed by atoms with Crippen LogP contribution in [-0.2, 0) is 42.9 Å². The van der Waals surface area contributed by atoms with Crippen LogP contribution in [0.3, 0.4) is 0 Å². The molecule has 0 aromatic heterocycles. The largest absolute Gasteiger partial charge is 0.463 e. The number of hydrogen-bond donors (Lipinski definition) is 1. The van der Waals surface area contributed by atoms with E-state index in [0.717, 1.165) is 32.1 Å². The summed E-state index contributed by atoms with van der Waals surface area (Å²) in [6.07, 6.45) is 0.957. The zero-order valence-electron chi connectivity index (χ0n) is 19.0. The summed E-state index contributed by atoms with van der Waals surface area (Å²) in [5, 5.41) is 2.67. The van der Waals surface area contributed by atoms with E-state index in [4.69, 9.17) is 23.7 Å². The Kier molecular flexibility index (Phi) is 12.1. The number of amides is 1. The first-order valence-electron chi connectivity index (χ1n) is 10.7. The molecule has 10 nitrogen and oxygen atoms in total. The quantitative estimate of drug-likeness (QED) is 0.271. The summed E-state index contributed by atoms with van der Waals surface area (Å²) in [5.41, 5.74) is 0. The summed E-state index contributed by atoms with van der Waals surface area (Å²) in [4.78, 5) is 46.6. The molecule has 1 heterocycles. The van der Waals surface area contributed by atoms with Crippen LogP contribution in [0.2, 0.25) is 0 Å². The molecule has 0 saturated carbocycles. The van der Waals surface area contributed by atoms with Crippen molar-refractivity contribution in [2.24, 2.45) is 0 Å². The van der Waals surface area contributed by atoms with E-state index in [1.54, 1.807) is 0 Å². The van der Waals surface area contributed by atoms with E-state index in [1.807, 2.05) is 0 Å². The van der Waals surface area contributed by atoms with Gasteiger partial charge >= 0.3 is 17.9 Å². The summed E-state index contributed by atoms with van der Waals surface area (Å²) in [7, 11) is 0. The zero-order chi connectivity index (χ0) is 23.4. The van der Waals surface area contributed by atoms with Crippen molar-refractivity contribution < 1.29 is 42.9 Å². The highest BCUT2D eigenvalue weighted by Gasteiger charge is 2.51. The molecular weight excluding hydrogens is 410 g/mol. The van der Waals surface area contributed by atoms with Crippen LogP contribution in [-0.4, -0.2) is 67.7 Å². The Labute approximate surface area is 183 Å². The van der Waals surface area contributed by atoms with Gasteiger partial charge in [-0.25, -0.2) is 0 Å². The molecule has 1 aliphatic rings. The summed E-state index contributed by atoms with van der Waals surface area (Å²) in [6.45, 7) is 7.18. The van der Waals surface area contributed by atoms with Crippen molar-refractivity contribution in [1.29, 1.82) is 0 Å². The predicted octanol–water partition coefficient (Wildman–Crippen LogP) is 1.63. The number of nitrogens with one attached hydrogen (secondary N) is 1. The molecule has 1 rings (SSSR count). The van der Waals surface area contributed by atoms with E-state index < -0.39 is 54.5 Å². The van der Waals surface area contributed by atoms with Crippen molar-refractivity contribution in [2.75, 3.05) is 13.2 Å². The van der Waals surface area contributed by atoms with Crippen LogP contribution >= 0.6 is 0 Å². The molecule has 1 amide bonds. The lowest BCUT2D eigenvalue weighted by molar-refractivity contribution is -0.277. The molecule has 5 unspecified atom stereocenters. The highest BCUT2D eigenvalue weighted by molar-refractivity contribution is 5.73. The molecular formula is C21H35NO9. The minimum Gasteiger partial charge on any atom is -0.463 e. The average molecular weight is 446 g/mol. The number of rotatable bonds is 12. The molecule has 0 aromatic rings. The normalized spacial score (nSPS) is 25.4. The average Bonchev–Trinajstić information content (AvgIpc) is 2.66. The van der Waals surface area contributed by atoms with Gasteiger partial charge in [-0.1, -0.05) is 32.6 Å². The molecule has 0 aliphatic carbocycles. The maximum absolute atomic E-state index is 11.8. The second-order valence-electron chi connectivity index (χ2n) is 7.50. The fourth-order valence-corrected chi connectivity index (χ4v) is 3.34. The molecule has 5 atom stereocenters. The Hall–Kier alpha value is -2.20. The van der Waals surface area contributed by atoms with Crippen LogP contribution in [0, 0.1) is 0 Å². The molecule has 1 saturated heterocycles. The molecule has 0 bridgehead atoms. The lowest BCUT2D eigenvalue weighted by atomic mass is 9.96. The van der Waals surface area contributed by atoms with Crippen molar-refractivity contribution >= 4 is 23.8 Å². The number of esters is 3. The van der Waals surface area contributed by atoms with E-state index in [9.17, 15) is 19.2 Å². The third-order valence-corrected chi connectivity index (χ3v) is 4.60. The molecule has 10 heteroatoms. The van der Waals surface area contributed by atoms with Gasteiger partial charge in [0.1, 0.15) is 18.8 Å². The lowest BCUT2D eigenvalue weighted by Crippen LogP contribution is -2.66. The number of hydrogen-bond acceptors (Lipinski definition) is 9. The Balaban J connectivity index is 3.07. The third-order valence-electron chi connectivity index (χ3n) is 4.60. The van der Waals surface area contributed by atoms with Crippen LogP contribution in [0.25, 0.3) is 0 Å². The minimum atomic E-state index is -1.11. The first kappa shape index (κ1) is 26.8. The standard InChI is InChI=1S/C21H35NO9/c1-6-7-8-9-10-11-27-21-18(22-13(2)23)20(30-16(5)26)19(29-15(4)25)17(31-21)12-28-14(3)24/h17-21H,6-12H2,1-5H3,(H,22,23). The van der Waals surface area contributed by atoms with Crippen LogP contribution in [0.1, 0.15) is 66.7 Å². The fraction of sp³-hybridized carbons (Fsp3) is 0.810. The van der Waals surface area contributed by atoms with Crippen molar-refractivity contribution in [1.82, 2.24) is 5.32 Å². The fourth-order valence-electron chi connectivity index (χ4n) is 3.34. The number of unbranched alkanes of at least 4 members (excludes halogenated alkanes) is 4. The van der Waals surface area contributed by atoms with Gasteiger partial charge < -0.3 is 29.0 Å². The van der Waals surface area contributed by atoms with E-state index in [2.05, 4.69) is 12.2 Å². The second kappa shape index (κ2) is 14.0. The molecule has 1 aliphatic heterocycles. The summed E-state index contributed by atoms with van der Waals surface area (Å²) >= 11 is 0. The maximum atomic E-state index is 11.8. The van der Waals surface area contributed by atoms with Gasteiger partial charge in [-0.3, -0.25) is 19.2 Å². The molecule has 1 N–H and O–H groups in total. The SMILES string of the molecule is CCCCCCCOC1OC(COC(C)=O)C(OC(C)=O)C(OC(C)=O)C1NC(C)=O. The van der Waals surface area contributed by atoms with Crippen molar-refractivity contribution in [3.05, 3.63) is 0 Å². The minimum absolute atomic E-state index is 0.242. The van der Waals surface area contributed by atoms with E-state index >= 15 is 0 Å². The van der Waals surface area contributed by atoms with Gasteiger partial charge in [-0.2, -0.15) is 0 Å². The lowest BCUT2D eigenvalue weighted by Gasteiger charge is -2.44. The van der Waals surface area contributed by atoms with E-state index in [-0.39, 0.29) is 6.61 Å². The molecule has 178 valence electrons. The van der Waals surface area contributed by atoms with Gasteiger partial charge in [-0.15, -0.1) is 0 Å². The Bertz CT molecular complexity index is 610. The Morgan fingerprint density at radius 1 is 0.839 bits per heavy atom. The first-order valence-corrected chi connectivity index (χ1v) is 10.7. The van der Waals surface area contributed by atoms with Gasteiger partial charge in [0.05, 0.1) is 0 Å². The second-order valence-corrected chi connectivity index (χ2v) is 7.50. The topological polar surface area (TPSA) is 126 Å². The Morgan fingerprint density at radius 2 is 1.45 bits per heavy atom. The van der Waals surface area contributed by atoms with Gasteiger partial charge in [0.15, 0.2) is 18.5 Å². The van der Waals surface area contributed by atoms with Gasteiger partial charge in [0.25, 0.3) is 0 Å². The van der Waals surface area contributed by atoms with Crippen LogP contribution in [0.4, 0.5) is 0 Å². The molecule has 1 fully saturated rings. The van der Waals surface area contributed by atoms with Crippen LogP contribution in [0.5, 0.6) is 0 Å². The summed E-state index contributed by atoms with van der Waals surface area (Å²) in [6, 6.07) is -0.921. The number of carbonyl (C=O) groups excluding carboxylic acids is 4. The highest BCUT2D eigenvalue weighted by Crippen LogP contribution is 2.28. The Morgan fingerprint density at radius 3 is 2.00 bits per heavy atom. The van der Waals surface area contributed by atoms with Gasteiger partial charge in [0, 0.05) is 34.3 Å².